The van der Waals surface area contributed by atoms with E-state index in [1.807, 2.05) is 12.2 Å². The molecule has 0 fully saturated rings. The van der Waals surface area contributed by atoms with Crippen LogP contribution in [0.1, 0.15) is 37.3 Å². The fourth-order valence-corrected chi connectivity index (χ4v) is 6.42. The normalized spacial score (nSPS) is 14.0. The maximum atomic E-state index is 4.07. The lowest BCUT2D eigenvalue weighted by Crippen LogP contribution is -2.25. The summed E-state index contributed by atoms with van der Waals surface area (Å²) in [5, 5.41) is 0. The van der Waals surface area contributed by atoms with Gasteiger partial charge in [0.15, 0.2) is 0 Å². The van der Waals surface area contributed by atoms with Gasteiger partial charge >= 0.3 is 0 Å². The van der Waals surface area contributed by atoms with Crippen LogP contribution in [0.4, 0.5) is 0 Å². The molecule has 0 amide bonds. The summed E-state index contributed by atoms with van der Waals surface area (Å²) < 4.78 is 3.01. The van der Waals surface area contributed by atoms with Gasteiger partial charge in [-0.25, -0.2) is 0 Å². The second-order valence-electron chi connectivity index (χ2n) is 6.81. The Hall–Kier alpha value is -1.94. The van der Waals surface area contributed by atoms with Crippen molar-refractivity contribution in [3.05, 3.63) is 94.2 Å². The summed E-state index contributed by atoms with van der Waals surface area (Å²) in [5.41, 5.74) is 6.53. The Morgan fingerprint density at radius 1 is 1.00 bits per heavy atom. The van der Waals surface area contributed by atoms with Crippen molar-refractivity contribution in [2.45, 2.75) is 39.7 Å². The summed E-state index contributed by atoms with van der Waals surface area (Å²) in [7, 11) is 0. The molecule has 0 atom stereocenters. The fraction of sp³-hybridized carbons (Fsp3) is 0.240. The van der Waals surface area contributed by atoms with Crippen LogP contribution in [0.3, 0.4) is 0 Å². The van der Waals surface area contributed by atoms with Gasteiger partial charge in [-0.2, -0.15) is 0 Å². The van der Waals surface area contributed by atoms with E-state index in [0.717, 1.165) is 6.54 Å². The van der Waals surface area contributed by atoms with Gasteiger partial charge in [-0.05, 0) is 48.1 Å². The Labute approximate surface area is 173 Å². The smallest absolute Gasteiger partial charge is 0.0540 e. The van der Waals surface area contributed by atoms with Crippen LogP contribution >= 0.6 is 20.7 Å². The van der Waals surface area contributed by atoms with Gasteiger partial charge in [-0.1, -0.05) is 102 Å². The Bertz CT molecular complexity index is 887. The average molecular weight is 469 g/mol. The van der Waals surface area contributed by atoms with Crippen molar-refractivity contribution in [1.82, 2.24) is 4.90 Å². The molecule has 0 radical (unpaired) electrons. The summed E-state index contributed by atoms with van der Waals surface area (Å²) in [6.07, 6.45) is 7.74. The van der Waals surface area contributed by atoms with Crippen molar-refractivity contribution in [2.24, 2.45) is 0 Å². The number of benzene rings is 2. The number of unbranched alkanes of at least 4 members (excludes halogenated alkanes) is 1. The average Bonchev–Trinajstić information content (AvgIpc) is 3.04. The molecule has 27 heavy (non-hydrogen) atoms. The van der Waals surface area contributed by atoms with Gasteiger partial charge in [-0.3, -0.25) is 0 Å². The second kappa shape index (κ2) is 9.32. The predicted octanol–water partition coefficient (Wildman–Crippen LogP) is 7.35. The first-order chi connectivity index (χ1) is 13.2. The lowest BCUT2D eigenvalue weighted by molar-refractivity contribution is 0.520. The molecule has 2 aromatic carbocycles. The van der Waals surface area contributed by atoms with Crippen LogP contribution < -0.4 is 0 Å². The molecule has 2 heteroatoms. The van der Waals surface area contributed by atoms with E-state index in [0.29, 0.717) is 0 Å². The minimum atomic E-state index is -0.102. The molecule has 140 valence electrons. The zero-order valence-corrected chi connectivity index (χ0v) is 18.5. The van der Waals surface area contributed by atoms with Gasteiger partial charge in [-0.15, -0.1) is 0 Å². The summed E-state index contributed by atoms with van der Waals surface area (Å²) in [5.74, 6) is 0. The highest BCUT2D eigenvalue weighted by Crippen LogP contribution is 2.36. The van der Waals surface area contributed by atoms with E-state index >= 15 is 0 Å². The van der Waals surface area contributed by atoms with Crippen LogP contribution in [-0.4, -0.2) is 8.53 Å². The topological polar surface area (TPSA) is 3.24 Å². The monoisotopic (exact) mass is 469 g/mol. The third-order valence-corrected chi connectivity index (χ3v) is 8.22. The molecule has 0 saturated carbocycles. The van der Waals surface area contributed by atoms with E-state index < -0.39 is 0 Å². The van der Waals surface area contributed by atoms with Crippen LogP contribution in [0.25, 0.3) is 11.1 Å². The lowest BCUT2D eigenvalue weighted by atomic mass is 9.99. The molecular formula is C25H28IN. The number of rotatable bonds is 8. The highest BCUT2D eigenvalue weighted by atomic mass is 127. The maximum Gasteiger partial charge on any atom is 0.0540 e. The molecule has 0 saturated heterocycles. The molecule has 1 aliphatic heterocycles. The summed E-state index contributed by atoms with van der Waals surface area (Å²) >= 11 is -0.102. The molecule has 0 aliphatic carbocycles. The van der Waals surface area contributed by atoms with Gasteiger partial charge in [0.05, 0.1) is 9.33 Å². The molecule has 1 aliphatic rings. The molecule has 2 aromatic rings. The molecule has 0 spiro atoms. The molecule has 1 nitrogen and oxygen atoms in total. The van der Waals surface area contributed by atoms with E-state index in [1.54, 1.807) is 3.63 Å². The zero-order valence-electron chi connectivity index (χ0n) is 16.3. The van der Waals surface area contributed by atoms with Gasteiger partial charge in [0.1, 0.15) is 0 Å². The number of aryl methyl sites for hydroxylation is 1. The third kappa shape index (κ3) is 4.49. The number of hydrogen-bond donors (Lipinski definition) is 0. The van der Waals surface area contributed by atoms with Gasteiger partial charge in [0.25, 0.3) is 0 Å². The number of allylic oxidation sites excluding steroid dienone is 3. The zero-order chi connectivity index (χ0) is 19.2. The van der Waals surface area contributed by atoms with E-state index in [9.17, 15) is 0 Å². The molecule has 0 aromatic heterocycles. The van der Waals surface area contributed by atoms with Crippen LogP contribution in [0.2, 0.25) is 0 Å². The maximum absolute atomic E-state index is 4.07. The van der Waals surface area contributed by atoms with Crippen LogP contribution in [-0.2, 0) is 6.54 Å². The van der Waals surface area contributed by atoms with Crippen LogP contribution in [0, 0.1) is 6.92 Å². The Morgan fingerprint density at radius 3 is 2.37 bits per heavy atom. The molecular weight excluding hydrogens is 441 g/mol. The van der Waals surface area contributed by atoms with Crippen LogP contribution in [0.15, 0.2) is 83.1 Å². The quantitative estimate of drug-likeness (QED) is 0.366. The SMILES string of the molecule is C=CC1=C(C=C)N(Cc2ccc(-c3ccccc3C)cc2)C(CCCC)=I1. The Kier molecular flexibility index (Phi) is 6.84. The summed E-state index contributed by atoms with van der Waals surface area (Å²) in [4.78, 5) is 2.50. The highest BCUT2D eigenvalue weighted by Gasteiger charge is 2.22. The van der Waals surface area contributed by atoms with Gasteiger partial charge < -0.3 is 4.90 Å². The third-order valence-electron chi connectivity index (χ3n) is 4.90. The number of nitrogens with zero attached hydrogens (tertiary/aromatic N) is 1. The summed E-state index contributed by atoms with van der Waals surface area (Å²) in [6, 6.07) is 17.6. The van der Waals surface area contributed by atoms with Crippen molar-refractivity contribution in [2.75, 3.05) is 0 Å². The highest BCUT2D eigenvalue weighted by molar-refractivity contribution is 14.2. The van der Waals surface area contributed by atoms with Crippen molar-refractivity contribution in [3.8, 4) is 11.1 Å². The van der Waals surface area contributed by atoms with E-state index in [2.05, 4.69) is 80.4 Å². The van der Waals surface area contributed by atoms with Crippen molar-refractivity contribution in [1.29, 1.82) is 0 Å². The van der Waals surface area contributed by atoms with E-state index in [4.69, 9.17) is 0 Å². The number of hydrogen-bond acceptors (Lipinski definition) is 1. The molecule has 1 heterocycles. The predicted molar refractivity (Wildman–Crippen MR) is 128 cm³/mol. The minimum Gasteiger partial charge on any atom is -0.335 e. The van der Waals surface area contributed by atoms with E-state index in [1.165, 1.54) is 50.8 Å². The molecule has 0 bridgehead atoms. The van der Waals surface area contributed by atoms with Gasteiger partial charge in [0.2, 0.25) is 0 Å². The first kappa shape index (κ1) is 19.8. The summed E-state index contributed by atoms with van der Waals surface area (Å²) in [6.45, 7) is 13.5. The lowest BCUT2D eigenvalue weighted by Gasteiger charge is -2.24. The Morgan fingerprint density at radius 2 is 1.74 bits per heavy atom. The number of halogens is 1. The largest absolute Gasteiger partial charge is 0.335 e. The molecule has 3 rings (SSSR count). The Balaban J connectivity index is 1.83. The molecule has 0 N–H and O–H groups in total. The standard InChI is InChI=1S/C25H28IN/c1-5-8-13-25-26-23(6-2)24(7-3)27(25)18-20-14-16-21(17-15-20)22-12-10-9-11-19(22)4/h6-7,9-12,14-17H,2-3,5,8,13,18H2,1,4H3. The first-order valence-corrected chi connectivity index (χ1v) is 11.8. The van der Waals surface area contributed by atoms with Gasteiger partial charge in [0, 0.05) is 10.1 Å². The fourth-order valence-electron chi connectivity index (χ4n) is 3.37. The molecule has 0 unspecified atom stereocenters. The first-order valence-electron chi connectivity index (χ1n) is 9.60. The van der Waals surface area contributed by atoms with Crippen molar-refractivity contribution < 1.29 is 0 Å². The van der Waals surface area contributed by atoms with Crippen molar-refractivity contribution in [3.63, 3.8) is 0 Å². The van der Waals surface area contributed by atoms with Crippen LogP contribution in [0.5, 0.6) is 0 Å². The second-order valence-corrected chi connectivity index (χ2v) is 9.76. The van der Waals surface area contributed by atoms with E-state index in [-0.39, 0.29) is 20.7 Å². The van der Waals surface area contributed by atoms with Crippen molar-refractivity contribution >= 4 is 24.4 Å². The minimum absolute atomic E-state index is 0.102.